The Kier molecular flexibility index (Phi) is 7.13. The zero-order valence-electron chi connectivity index (χ0n) is 11.3. The summed E-state index contributed by atoms with van der Waals surface area (Å²) >= 11 is 1.82. The maximum absolute atomic E-state index is 14.0. The van der Waals surface area contributed by atoms with Gasteiger partial charge >= 0.3 is 0 Å². The number of methoxy groups -OCH3 is 1. The quantitative estimate of drug-likeness (QED) is 0.785. The summed E-state index contributed by atoms with van der Waals surface area (Å²) in [5, 5.41) is 3.41. The predicted octanol–water partition coefficient (Wildman–Crippen LogP) is 3.11. The van der Waals surface area contributed by atoms with Gasteiger partial charge in [0, 0.05) is 6.04 Å². The number of rotatable bonds is 8. The maximum Gasteiger partial charge on any atom is 0.168 e. The molecule has 1 N–H and O–H groups in total. The molecular weight excluding hydrogens is 249 g/mol. The van der Waals surface area contributed by atoms with E-state index in [2.05, 4.69) is 18.5 Å². The van der Waals surface area contributed by atoms with E-state index in [0.717, 1.165) is 24.3 Å². The number of likely N-dealkylation sites (N-methyl/N-ethyl adjacent to an activating group) is 1. The van der Waals surface area contributed by atoms with Crippen LogP contribution in [-0.2, 0) is 6.42 Å². The molecule has 0 aliphatic rings. The van der Waals surface area contributed by atoms with Gasteiger partial charge in [-0.2, -0.15) is 11.8 Å². The van der Waals surface area contributed by atoms with Gasteiger partial charge in [-0.25, -0.2) is 4.39 Å². The van der Waals surface area contributed by atoms with Gasteiger partial charge in [0.2, 0.25) is 0 Å². The van der Waals surface area contributed by atoms with E-state index in [1.807, 2.05) is 23.9 Å². The molecule has 0 bridgehead atoms. The molecule has 0 aliphatic carbocycles. The maximum atomic E-state index is 14.0. The highest BCUT2D eigenvalue weighted by Gasteiger charge is 2.13. The van der Waals surface area contributed by atoms with E-state index in [0.29, 0.717) is 18.2 Å². The first-order valence-corrected chi connectivity index (χ1v) is 7.66. The molecule has 4 heteroatoms. The third-order valence-electron chi connectivity index (χ3n) is 2.89. The Morgan fingerprint density at radius 2 is 2.22 bits per heavy atom. The summed E-state index contributed by atoms with van der Waals surface area (Å²) in [5.41, 5.74) is 0.724. The Morgan fingerprint density at radius 1 is 1.44 bits per heavy atom. The van der Waals surface area contributed by atoms with Crippen molar-refractivity contribution < 1.29 is 9.13 Å². The van der Waals surface area contributed by atoms with Crippen LogP contribution in [0.3, 0.4) is 0 Å². The van der Waals surface area contributed by atoms with Gasteiger partial charge in [-0.15, -0.1) is 0 Å². The molecule has 0 aromatic heterocycles. The molecule has 0 saturated heterocycles. The Hall–Kier alpha value is -0.740. The molecule has 1 rings (SSSR count). The first-order valence-electron chi connectivity index (χ1n) is 6.26. The molecular formula is C14H22FNOS. The van der Waals surface area contributed by atoms with Crippen LogP contribution < -0.4 is 10.1 Å². The number of ether oxygens (including phenoxy) is 1. The third-order valence-corrected chi connectivity index (χ3v) is 3.54. The minimum Gasteiger partial charge on any atom is -0.494 e. The summed E-state index contributed by atoms with van der Waals surface area (Å²) in [6, 6.07) is 5.66. The van der Waals surface area contributed by atoms with Crippen molar-refractivity contribution in [2.45, 2.75) is 25.8 Å². The fourth-order valence-electron chi connectivity index (χ4n) is 1.96. The van der Waals surface area contributed by atoms with Gasteiger partial charge in [0.1, 0.15) is 0 Å². The minimum absolute atomic E-state index is 0.230. The van der Waals surface area contributed by atoms with Gasteiger partial charge in [0.25, 0.3) is 0 Å². The molecule has 1 aromatic carbocycles. The van der Waals surface area contributed by atoms with Crippen molar-refractivity contribution in [1.29, 1.82) is 0 Å². The van der Waals surface area contributed by atoms with E-state index in [9.17, 15) is 4.39 Å². The predicted molar refractivity (Wildman–Crippen MR) is 77.1 cm³/mol. The van der Waals surface area contributed by atoms with Crippen LogP contribution in [0.1, 0.15) is 18.9 Å². The molecule has 1 aromatic rings. The SMILES string of the molecule is CCNC(CCSC)Cc1cccc(OC)c1F. The largest absolute Gasteiger partial charge is 0.494 e. The Morgan fingerprint density at radius 3 is 2.83 bits per heavy atom. The molecule has 0 radical (unpaired) electrons. The molecule has 0 amide bonds. The van der Waals surface area contributed by atoms with Crippen molar-refractivity contribution in [1.82, 2.24) is 5.32 Å². The molecule has 1 unspecified atom stereocenters. The molecule has 0 aliphatic heterocycles. The van der Waals surface area contributed by atoms with Gasteiger partial charge in [-0.3, -0.25) is 0 Å². The van der Waals surface area contributed by atoms with Crippen LogP contribution >= 0.6 is 11.8 Å². The number of benzene rings is 1. The molecule has 0 spiro atoms. The first-order chi connectivity index (χ1) is 8.72. The second kappa shape index (κ2) is 8.38. The zero-order chi connectivity index (χ0) is 13.4. The van der Waals surface area contributed by atoms with Crippen LogP contribution in [0.15, 0.2) is 18.2 Å². The second-order valence-corrected chi connectivity index (χ2v) is 5.16. The normalized spacial score (nSPS) is 12.4. The molecule has 0 saturated carbocycles. The smallest absolute Gasteiger partial charge is 0.168 e. The topological polar surface area (TPSA) is 21.3 Å². The average Bonchev–Trinajstić information content (AvgIpc) is 2.38. The van der Waals surface area contributed by atoms with Gasteiger partial charge < -0.3 is 10.1 Å². The number of hydrogen-bond donors (Lipinski definition) is 1. The molecule has 1 atom stereocenters. The van der Waals surface area contributed by atoms with Crippen molar-refractivity contribution in [2.75, 3.05) is 25.7 Å². The lowest BCUT2D eigenvalue weighted by Crippen LogP contribution is -2.31. The van der Waals surface area contributed by atoms with Crippen molar-refractivity contribution in [3.05, 3.63) is 29.6 Å². The summed E-state index contributed by atoms with van der Waals surface area (Å²) in [6.45, 7) is 2.98. The molecule has 0 heterocycles. The van der Waals surface area contributed by atoms with Crippen molar-refractivity contribution in [2.24, 2.45) is 0 Å². The zero-order valence-corrected chi connectivity index (χ0v) is 12.1. The summed E-state index contributed by atoms with van der Waals surface area (Å²) in [6.07, 6.45) is 3.85. The molecule has 102 valence electrons. The number of hydrogen-bond acceptors (Lipinski definition) is 3. The molecule has 0 fully saturated rings. The van der Waals surface area contributed by atoms with Crippen LogP contribution in [0.5, 0.6) is 5.75 Å². The van der Waals surface area contributed by atoms with Crippen molar-refractivity contribution >= 4 is 11.8 Å². The minimum atomic E-state index is -0.230. The first kappa shape index (κ1) is 15.3. The monoisotopic (exact) mass is 271 g/mol. The Labute approximate surface area is 113 Å². The highest BCUT2D eigenvalue weighted by atomic mass is 32.2. The van der Waals surface area contributed by atoms with E-state index in [-0.39, 0.29) is 5.82 Å². The van der Waals surface area contributed by atoms with Crippen molar-refractivity contribution in [3.8, 4) is 5.75 Å². The van der Waals surface area contributed by atoms with Gasteiger partial charge in [-0.05, 0) is 43.0 Å². The summed E-state index contributed by atoms with van der Waals surface area (Å²) in [5.74, 6) is 1.18. The Bertz CT molecular complexity index is 360. The van der Waals surface area contributed by atoms with Gasteiger partial charge in [0.05, 0.1) is 7.11 Å². The summed E-state index contributed by atoms with van der Waals surface area (Å²) in [4.78, 5) is 0. The van der Waals surface area contributed by atoms with E-state index in [4.69, 9.17) is 4.74 Å². The van der Waals surface area contributed by atoms with Crippen LogP contribution in [0.2, 0.25) is 0 Å². The molecule has 2 nitrogen and oxygen atoms in total. The average molecular weight is 271 g/mol. The van der Waals surface area contributed by atoms with E-state index < -0.39 is 0 Å². The standard InChI is InChI=1S/C14H22FNOS/c1-4-16-12(8-9-18-3)10-11-6-5-7-13(17-2)14(11)15/h5-7,12,16H,4,8-10H2,1-3H3. The van der Waals surface area contributed by atoms with Crippen LogP contribution in [0, 0.1) is 5.82 Å². The fourth-order valence-corrected chi connectivity index (χ4v) is 2.48. The van der Waals surface area contributed by atoms with Crippen LogP contribution in [0.4, 0.5) is 4.39 Å². The van der Waals surface area contributed by atoms with Crippen LogP contribution in [-0.4, -0.2) is 31.7 Å². The van der Waals surface area contributed by atoms with E-state index in [1.165, 1.54) is 7.11 Å². The lowest BCUT2D eigenvalue weighted by Gasteiger charge is -2.18. The van der Waals surface area contributed by atoms with Crippen LogP contribution in [0.25, 0.3) is 0 Å². The molecule has 18 heavy (non-hydrogen) atoms. The third kappa shape index (κ3) is 4.50. The van der Waals surface area contributed by atoms with Gasteiger partial charge in [-0.1, -0.05) is 19.1 Å². The lowest BCUT2D eigenvalue weighted by atomic mass is 10.0. The van der Waals surface area contributed by atoms with E-state index in [1.54, 1.807) is 6.07 Å². The Balaban J connectivity index is 2.73. The lowest BCUT2D eigenvalue weighted by molar-refractivity contribution is 0.382. The van der Waals surface area contributed by atoms with Crippen molar-refractivity contribution in [3.63, 3.8) is 0 Å². The second-order valence-electron chi connectivity index (χ2n) is 4.17. The summed E-state index contributed by atoms with van der Waals surface area (Å²) < 4.78 is 19.0. The number of halogens is 1. The highest BCUT2D eigenvalue weighted by Crippen LogP contribution is 2.21. The highest BCUT2D eigenvalue weighted by molar-refractivity contribution is 7.98. The van der Waals surface area contributed by atoms with Gasteiger partial charge in [0.15, 0.2) is 11.6 Å². The summed E-state index contributed by atoms with van der Waals surface area (Å²) in [7, 11) is 1.50. The fraction of sp³-hybridized carbons (Fsp3) is 0.571. The number of thioether (sulfide) groups is 1. The number of nitrogens with one attached hydrogen (secondary N) is 1. The van der Waals surface area contributed by atoms with E-state index >= 15 is 0 Å².